The van der Waals surface area contributed by atoms with E-state index in [-0.39, 0.29) is 0 Å². The van der Waals surface area contributed by atoms with Crippen LogP contribution in [0, 0.1) is 0 Å². The van der Waals surface area contributed by atoms with E-state index in [1.165, 1.54) is 63.4 Å². The first kappa shape index (κ1) is 23.5. The van der Waals surface area contributed by atoms with E-state index in [2.05, 4.69) is 51.9 Å². The molecule has 0 amide bonds. The Balaban J connectivity index is 1.24. The number of benzene rings is 1. The SMILES string of the molecule is CCCCCCCCCCCCOc1ccc(CCNc2ncnc3ccsc23)cc1. The fourth-order valence-electron chi connectivity index (χ4n) is 3.77. The molecule has 0 aliphatic rings. The summed E-state index contributed by atoms with van der Waals surface area (Å²) in [5.74, 6) is 1.90. The predicted molar refractivity (Wildman–Crippen MR) is 133 cm³/mol. The highest BCUT2D eigenvalue weighted by Crippen LogP contribution is 2.24. The summed E-state index contributed by atoms with van der Waals surface area (Å²) >= 11 is 1.68. The molecule has 31 heavy (non-hydrogen) atoms. The molecule has 168 valence electrons. The van der Waals surface area contributed by atoms with Gasteiger partial charge in [0.1, 0.15) is 17.9 Å². The second-order valence-corrected chi connectivity index (χ2v) is 9.12. The first-order valence-electron chi connectivity index (χ1n) is 12.0. The minimum atomic E-state index is 0.821. The summed E-state index contributed by atoms with van der Waals surface area (Å²) < 4.78 is 7.04. The molecule has 3 rings (SSSR count). The zero-order chi connectivity index (χ0) is 21.6. The summed E-state index contributed by atoms with van der Waals surface area (Å²) in [6, 6.07) is 10.5. The van der Waals surface area contributed by atoms with Gasteiger partial charge in [-0.2, -0.15) is 0 Å². The lowest BCUT2D eigenvalue weighted by molar-refractivity contribution is 0.304. The van der Waals surface area contributed by atoms with Crippen LogP contribution in [0.4, 0.5) is 5.82 Å². The first-order valence-corrected chi connectivity index (χ1v) is 12.9. The molecule has 0 bridgehead atoms. The predicted octanol–water partition coefficient (Wildman–Crippen LogP) is 7.65. The third kappa shape index (κ3) is 8.48. The molecule has 0 fully saturated rings. The summed E-state index contributed by atoms with van der Waals surface area (Å²) in [5, 5.41) is 5.49. The van der Waals surface area contributed by atoms with E-state index >= 15 is 0 Å². The highest BCUT2D eigenvalue weighted by molar-refractivity contribution is 7.17. The van der Waals surface area contributed by atoms with E-state index in [4.69, 9.17) is 4.74 Å². The molecular formula is C26H37N3OS. The number of hydrogen-bond donors (Lipinski definition) is 1. The Kier molecular flexibility index (Phi) is 10.6. The van der Waals surface area contributed by atoms with Crippen LogP contribution in [0.25, 0.3) is 10.2 Å². The van der Waals surface area contributed by atoms with E-state index in [0.29, 0.717) is 0 Å². The van der Waals surface area contributed by atoms with Crippen molar-refractivity contribution in [3.63, 3.8) is 0 Å². The van der Waals surface area contributed by atoms with E-state index < -0.39 is 0 Å². The van der Waals surface area contributed by atoms with Gasteiger partial charge in [0, 0.05) is 6.54 Å². The minimum absolute atomic E-state index is 0.821. The summed E-state index contributed by atoms with van der Waals surface area (Å²) in [6.45, 7) is 3.95. The van der Waals surface area contributed by atoms with Gasteiger partial charge in [0.25, 0.3) is 0 Å². The van der Waals surface area contributed by atoms with E-state index in [9.17, 15) is 0 Å². The lowest BCUT2D eigenvalue weighted by Crippen LogP contribution is -2.06. The second kappa shape index (κ2) is 14.0. The van der Waals surface area contributed by atoms with Crippen LogP contribution in [0.1, 0.15) is 76.7 Å². The molecule has 0 saturated heterocycles. The quantitative estimate of drug-likeness (QED) is 0.233. The molecule has 0 atom stereocenters. The van der Waals surface area contributed by atoms with E-state index in [1.54, 1.807) is 17.7 Å². The fraction of sp³-hybridized carbons (Fsp3) is 0.538. The number of anilines is 1. The third-order valence-electron chi connectivity index (χ3n) is 5.64. The van der Waals surface area contributed by atoms with Crippen molar-refractivity contribution in [3.05, 3.63) is 47.6 Å². The number of aromatic nitrogens is 2. The summed E-state index contributed by atoms with van der Waals surface area (Å²) in [4.78, 5) is 8.66. The van der Waals surface area contributed by atoms with Crippen LogP contribution in [0.3, 0.4) is 0 Å². The van der Waals surface area contributed by atoms with Gasteiger partial charge >= 0.3 is 0 Å². The smallest absolute Gasteiger partial charge is 0.147 e. The second-order valence-electron chi connectivity index (χ2n) is 8.21. The van der Waals surface area contributed by atoms with Crippen LogP contribution in [-0.4, -0.2) is 23.1 Å². The third-order valence-corrected chi connectivity index (χ3v) is 6.55. The molecule has 1 aromatic carbocycles. The summed E-state index contributed by atoms with van der Waals surface area (Å²) in [5.41, 5.74) is 2.31. The largest absolute Gasteiger partial charge is 0.494 e. The Labute approximate surface area is 191 Å². The van der Waals surface area contributed by atoms with Gasteiger partial charge in [-0.05, 0) is 42.0 Å². The molecule has 0 saturated carbocycles. The molecule has 0 unspecified atom stereocenters. The molecule has 4 nitrogen and oxygen atoms in total. The van der Waals surface area contributed by atoms with Gasteiger partial charge in [-0.15, -0.1) is 11.3 Å². The monoisotopic (exact) mass is 439 g/mol. The van der Waals surface area contributed by atoms with Gasteiger partial charge in [0.05, 0.1) is 16.8 Å². The Morgan fingerprint density at radius 2 is 1.55 bits per heavy atom. The van der Waals surface area contributed by atoms with Crippen molar-refractivity contribution in [3.8, 4) is 5.75 Å². The van der Waals surface area contributed by atoms with Crippen molar-refractivity contribution in [2.24, 2.45) is 0 Å². The summed E-state index contributed by atoms with van der Waals surface area (Å²) in [7, 11) is 0. The normalized spacial score (nSPS) is 11.1. The number of rotatable bonds is 16. The molecule has 2 heterocycles. The van der Waals surface area contributed by atoms with Crippen molar-refractivity contribution >= 4 is 27.4 Å². The maximum atomic E-state index is 5.91. The fourth-order valence-corrected chi connectivity index (χ4v) is 4.58. The Morgan fingerprint density at radius 3 is 2.29 bits per heavy atom. The van der Waals surface area contributed by atoms with Crippen LogP contribution in [0.5, 0.6) is 5.75 Å². The Hall–Kier alpha value is -2.14. The van der Waals surface area contributed by atoms with Crippen molar-refractivity contribution in [1.82, 2.24) is 9.97 Å². The Bertz CT molecular complexity index is 862. The standard InChI is InChI=1S/C26H37N3OS/c1-2-3-4-5-6-7-8-9-10-11-19-30-23-14-12-22(13-15-23)16-18-27-26-25-24(17-20-31-25)28-21-29-26/h12-15,17,20-21H,2-11,16,18-19H2,1H3,(H,27,28,29). The van der Waals surface area contributed by atoms with Crippen molar-refractivity contribution in [2.75, 3.05) is 18.5 Å². The molecule has 5 heteroatoms. The number of fused-ring (bicyclic) bond motifs is 1. The van der Waals surface area contributed by atoms with Crippen LogP contribution >= 0.6 is 11.3 Å². The molecule has 0 aliphatic carbocycles. The highest BCUT2D eigenvalue weighted by Gasteiger charge is 2.04. The number of thiophene rings is 1. The average molecular weight is 440 g/mol. The lowest BCUT2D eigenvalue weighted by Gasteiger charge is -2.09. The van der Waals surface area contributed by atoms with Gasteiger partial charge in [-0.3, -0.25) is 0 Å². The molecule has 0 spiro atoms. The Morgan fingerprint density at radius 1 is 0.839 bits per heavy atom. The van der Waals surface area contributed by atoms with Crippen LogP contribution in [-0.2, 0) is 6.42 Å². The molecule has 0 radical (unpaired) electrons. The minimum Gasteiger partial charge on any atom is -0.494 e. The van der Waals surface area contributed by atoms with E-state index in [0.717, 1.165) is 47.8 Å². The van der Waals surface area contributed by atoms with Gasteiger partial charge in [0.15, 0.2) is 0 Å². The topological polar surface area (TPSA) is 47.0 Å². The number of unbranched alkanes of at least 4 members (excludes halogenated alkanes) is 9. The molecular weight excluding hydrogens is 402 g/mol. The molecule has 3 aromatic rings. The van der Waals surface area contributed by atoms with Crippen LogP contribution in [0.15, 0.2) is 42.0 Å². The van der Waals surface area contributed by atoms with Crippen LogP contribution < -0.4 is 10.1 Å². The van der Waals surface area contributed by atoms with Gasteiger partial charge in [-0.25, -0.2) is 9.97 Å². The van der Waals surface area contributed by atoms with Gasteiger partial charge in [-0.1, -0.05) is 76.8 Å². The number of nitrogens with one attached hydrogen (secondary N) is 1. The van der Waals surface area contributed by atoms with Crippen LogP contribution in [0.2, 0.25) is 0 Å². The van der Waals surface area contributed by atoms with Crippen molar-refractivity contribution in [1.29, 1.82) is 0 Å². The van der Waals surface area contributed by atoms with Crippen molar-refractivity contribution in [2.45, 2.75) is 77.6 Å². The highest BCUT2D eigenvalue weighted by atomic mass is 32.1. The number of nitrogens with zero attached hydrogens (tertiary/aromatic N) is 2. The number of ether oxygens (including phenoxy) is 1. The molecule has 0 aliphatic heterocycles. The molecule has 1 N–H and O–H groups in total. The molecule has 2 aromatic heterocycles. The lowest BCUT2D eigenvalue weighted by atomic mass is 10.1. The maximum Gasteiger partial charge on any atom is 0.147 e. The van der Waals surface area contributed by atoms with E-state index in [1.807, 2.05) is 6.07 Å². The summed E-state index contributed by atoms with van der Waals surface area (Å²) in [6.07, 6.45) is 16.1. The first-order chi connectivity index (χ1) is 15.4. The van der Waals surface area contributed by atoms with Crippen molar-refractivity contribution < 1.29 is 4.74 Å². The zero-order valence-corrected chi connectivity index (χ0v) is 19.8. The number of hydrogen-bond acceptors (Lipinski definition) is 5. The average Bonchev–Trinajstić information content (AvgIpc) is 3.28. The zero-order valence-electron chi connectivity index (χ0n) is 18.9. The maximum absolute atomic E-state index is 5.91. The van der Waals surface area contributed by atoms with Gasteiger partial charge in [0.2, 0.25) is 0 Å². The van der Waals surface area contributed by atoms with Gasteiger partial charge < -0.3 is 10.1 Å².